The number of nitrogens with zero attached hydrogens (tertiary/aromatic N) is 3. The number of carbonyl (C=O) groups is 2. The molecule has 0 radical (unpaired) electrons. The van der Waals surface area contributed by atoms with Crippen molar-refractivity contribution in [1.29, 1.82) is 0 Å². The van der Waals surface area contributed by atoms with E-state index in [0.717, 1.165) is 11.3 Å². The summed E-state index contributed by atoms with van der Waals surface area (Å²) in [6, 6.07) is 6.53. The Morgan fingerprint density at radius 3 is 2.67 bits per heavy atom. The molecule has 2 heterocycles. The fourth-order valence-corrected chi connectivity index (χ4v) is 3.74. The molecule has 0 aliphatic carbocycles. The number of halogens is 1. The standard InChI is InChI=1S/C19H22ClN5O4S/c1-19(2,3)25-15-14(13(24-25)17(29)21-8-12(27)9-26)30-18(22-15)23-16(28)10-5-4-6-11(20)7-10/h4-7,12,26-27H,8-9H2,1-3H3,(H,21,29)(H,22,23,28)/t12-/m1/s1. The number of aliphatic hydroxyl groups excluding tert-OH is 2. The van der Waals surface area contributed by atoms with Crippen molar-refractivity contribution in [1.82, 2.24) is 20.1 Å². The number of anilines is 1. The average Bonchev–Trinajstić information content (AvgIpc) is 3.23. The van der Waals surface area contributed by atoms with Gasteiger partial charge in [-0.05, 0) is 39.0 Å². The van der Waals surface area contributed by atoms with Gasteiger partial charge in [-0.2, -0.15) is 10.1 Å². The van der Waals surface area contributed by atoms with Crippen LogP contribution in [0.15, 0.2) is 24.3 Å². The smallest absolute Gasteiger partial charge is 0.273 e. The van der Waals surface area contributed by atoms with Gasteiger partial charge >= 0.3 is 0 Å². The number of thiazole rings is 1. The minimum atomic E-state index is -1.07. The molecule has 0 saturated heterocycles. The van der Waals surface area contributed by atoms with Crippen LogP contribution in [0.2, 0.25) is 5.02 Å². The van der Waals surface area contributed by atoms with Crippen LogP contribution in [0.1, 0.15) is 41.6 Å². The van der Waals surface area contributed by atoms with Crippen molar-refractivity contribution >= 4 is 50.2 Å². The van der Waals surface area contributed by atoms with Crippen molar-refractivity contribution in [3.05, 3.63) is 40.5 Å². The molecule has 0 fully saturated rings. The van der Waals surface area contributed by atoms with Crippen LogP contribution in [0.25, 0.3) is 10.3 Å². The Morgan fingerprint density at radius 2 is 2.03 bits per heavy atom. The number of hydrogen-bond donors (Lipinski definition) is 4. The van der Waals surface area contributed by atoms with Crippen molar-refractivity contribution in [2.45, 2.75) is 32.4 Å². The average molecular weight is 452 g/mol. The van der Waals surface area contributed by atoms with Crippen LogP contribution in [0, 0.1) is 0 Å². The highest BCUT2D eigenvalue weighted by atomic mass is 35.5. The minimum absolute atomic E-state index is 0.115. The van der Waals surface area contributed by atoms with Crippen LogP contribution in [0.5, 0.6) is 0 Å². The lowest BCUT2D eigenvalue weighted by molar-refractivity contribution is 0.0799. The van der Waals surface area contributed by atoms with E-state index in [1.54, 1.807) is 28.9 Å². The lowest BCUT2D eigenvalue weighted by Crippen LogP contribution is -2.34. The molecule has 9 nitrogen and oxygen atoms in total. The summed E-state index contributed by atoms with van der Waals surface area (Å²) in [5.41, 5.74) is 0.506. The van der Waals surface area contributed by atoms with E-state index in [0.29, 0.717) is 26.1 Å². The molecule has 0 aliphatic rings. The number of amides is 2. The molecule has 30 heavy (non-hydrogen) atoms. The van der Waals surface area contributed by atoms with Gasteiger partial charge in [0.1, 0.15) is 4.70 Å². The summed E-state index contributed by atoms with van der Waals surface area (Å²) in [5, 5.41) is 28.8. The van der Waals surface area contributed by atoms with Crippen LogP contribution in [0.4, 0.5) is 5.13 Å². The van der Waals surface area contributed by atoms with Gasteiger partial charge in [-0.1, -0.05) is 29.0 Å². The van der Waals surface area contributed by atoms with Gasteiger partial charge in [0.25, 0.3) is 11.8 Å². The predicted molar refractivity (Wildman–Crippen MR) is 115 cm³/mol. The Bertz CT molecular complexity index is 1090. The molecule has 0 bridgehead atoms. The molecule has 160 valence electrons. The van der Waals surface area contributed by atoms with Gasteiger partial charge in [0.2, 0.25) is 0 Å². The van der Waals surface area contributed by atoms with Crippen LogP contribution >= 0.6 is 22.9 Å². The van der Waals surface area contributed by atoms with Gasteiger partial charge in [0, 0.05) is 17.1 Å². The molecule has 1 atom stereocenters. The number of fused-ring (bicyclic) bond motifs is 1. The Balaban J connectivity index is 1.94. The Kier molecular flexibility index (Phi) is 6.41. The van der Waals surface area contributed by atoms with Crippen LogP contribution < -0.4 is 10.6 Å². The fourth-order valence-electron chi connectivity index (χ4n) is 2.63. The molecule has 11 heteroatoms. The molecule has 0 spiro atoms. The van der Waals surface area contributed by atoms with E-state index in [4.69, 9.17) is 16.7 Å². The van der Waals surface area contributed by atoms with Gasteiger partial charge in [-0.25, -0.2) is 4.68 Å². The molecule has 3 rings (SSSR count). The third-order valence-corrected chi connectivity index (χ3v) is 5.29. The highest BCUT2D eigenvalue weighted by molar-refractivity contribution is 7.22. The summed E-state index contributed by atoms with van der Waals surface area (Å²) in [5.74, 6) is -0.881. The number of rotatable bonds is 6. The van der Waals surface area contributed by atoms with Gasteiger partial charge in [-0.3, -0.25) is 14.9 Å². The first-order valence-corrected chi connectivity index (χ1v) is 10.3. The summed E-state index contributed by atoms with van der Waals surface area (Å²) in [6.45, 7) is 5.17. The Morgan fingerprint density at radius 1 is 1.30 bits per heavy atom. The number of aliphatic hydroxyl groups is 2. The molecule has 2 amide bonds. The fraction of sp³-hybridized carbons (Fsp3) is 0.368. The van der Waals surface area contributed by atoms with E-state index in [1.807, 2.05) is 20.8 Å². The summed E-state index contributed by atoms with van der Waals surface area (Å²) in [6.07, 6.45) is -1.07. The van der Waals surface area contributed by atoms with Gasteiger partial charge in [0.15, 0.2) is 16.5 Å². The number of nitrogens with one attached hydrogen (secondary N) is 2. The zero-order chi connectivity index (χ0) is 22.1. The van der Waals surface area contributed by atoms with Crippen LogP contribution in [-0.2, 0) is 5.54 Å². The minimum Gasteiger partial charge on any atom is -0.394 e. The number of hydrogen-bond acceptors (Lipinski definition) is 7. The van der Waals surface area contributed by atoms with Crippen LogP contribution in [-0.4, -0.2) is 56.0 Å². The van der Waals surface area contributed by atoms with E-state index in [2.05, 4.69) is 20.7 Å². The largest absolute Gasteiger partial charge is 0.394 e. The Labute approximate surface area is 181 Å². The SMILES string of the molecule is CC(C)(C)n1nc(C(=O)NC[C@@H](O)CO)c2sc(NC(=O)c3cccc(Cl)c3)nc21. The molecule has 0 unspecified atom stereocenters. The normalized spacial score (nSPS) is 12.7. The molecular formula is C19H22ClN5O4S. The highest BCUT2D eigenvalue weighted by Crippen LogP contribution is 2.32. The van der Waals surface area contributed by atoms with Gasteiger partial charge < -0.3 is 15.5 Å². The number of aromatic nitrogens is 3. The second-order valence-corrected chi connectivity index (χ2v) is 9.05. The van der Waals surface area contributed by atoms with E-state index < -0.39 is 24.2 Å². The predicted octanol–water partition coefficient (Wildman–Crippen LogP) is 2.24. The summed E-state index contributed by atoms with van der Waals surface area (Å²) in [4.78, 5) is 29.6. The van der Waals surface area contributed by atoms with Gasteiger partial charge in [-0.15, -0.1) is 0 Å². The Hall–Kier alpha value is -2.53. The van der Waals surface area contributed by atoms with E-state index in [1.165, 1.54) is 0 Å². The topological polar surface area (TPSA) is 129 Å². The quantitative estimate of drug-likeness (QED) is 0.454. The first-order valence-electron chi connectivity index (χ1n) is 9.14. The third-order valence-electron chi connectivity index (χ3n) is 4.09. The van der Waals surface area contributed by atoms with Gasteiger partial charge in [0.05, 0.1) is 18.2 Å². The second kappa shape index (κ2) is 8.68. The number of carbonyl (C=O) groups excluding carboxylic acids is 2. The maximum atomic E-state index is 12.6. The molecule has 0 saturated carbocycles. The van der Waals surface area contributed by atoms with E-state index in [9.17, 15) is 14.7 Å². The summed E-state index contributed by atoms with van der Waals surface area (Å²) >= 11 is 7.07. The van der Waals surface area contributed by atoms with E-state index in [-0.39, 0.29) is 18.1 Å². The maximum Gasteiger partial charge on any atom is 0.273 e. The molecule has 2 aromatic heterocycles. The highest BCUT2D eigenvalue weighted by Gasteiger charge is 2.27. The molecule has 0 aliphatic heterocycles. The lowest BCUT2D eigenvalue weighted by Gasteiger charge is -2.19. The van der Waals surface area contributed by atoms with E-state index >= 15 is 0 Å². The van der Waals surface area contributed by atoms with Crippen molar-refractivity contribution in [3.63, 3.8) is 0 Å². The molecular weight excluding hydrogens is 430 g/mol. The molecule has 3 aromatic rings. The van der Waals surface area contributed by atoms with Crippen molar-refractivity contribution in [2.75, 3.05) is 18.5 Å². The second-order valence-electron chi connectivity index (χ2n) is 7.61. The first kappa shape index (κ1) is 22.2. The van der Waals surface area contributed by atoms with Crippen LogP contribution in [0.3, 0.4) is 0 Å². The zero-order valence-electron chi connectivity index (χ0n) is 16.6. The molecule has 4 N–H and O–H groups in total. The van der Waals surface area contributed by atoms with Crippen molar-refractivity contribution in [2.24, 2.45) is 0 Å². The zero-order valence-corrected chi connectivity index (χ0v) is 18.2. The summed E-state index contributed by atoms with van der Waals surface area (Å²) < 4.78 is 2.12. The third kappa shape index (κ3) is 4.78. The van der Waals surface area contributed by atoms with Crippen molar-refractivity contribution < 1.29 is 19.8 Å². The molecule has 1 aromatic carbocycles. The monoisotopic (exact) mass is 451 g/mol. The summed E-state index contributed by atoms with van der Waals surface area (Å²) in [7, 11) is 0. The lowest BCUT2D eigenvalue weighted by atomic mass is 10.1. The maximum absolute atomic E-state index is 12.6. The number of benzene rings is 1. The first-order chi connectivity index (χ1) is 14.1. The van der Waals surface area contributed by atoms with Crippen molar-refractivity contribution in [3.8, 4) is 0 Å².